The smallest absolute Gasteiger partial charge is 0.338 e. The number of ether oxygens (including phenoxy) is 1. The van der Waals surface area contributed by atoms with Gasteiger partial charge in [0.2, 0.25) is 0 Å². The monoisotopic (exact) mass is 326 g/mol. The van der Waals surface area contributed by atoms with Crippen molar-refractivity contribution in [2.45, 2.75) is 6.42 Å². The lowest BCUT2D eigenvalue weighted by Gasteiger charge is -2.11. The van der Waals surface area contributed by atoms with Crippen LogP contribution in [0.1, 0.15) is 21.5 Å². The van der Waals surface area contributed by atoms with Crippen molar-refractivity contribution in [3.05, 3.63) is 65.4 Å². The summed E-state index contributed by atoms with van der Waals surface area (Å²) in [6.07, 6.45) is 4.56. The van der Waals surface area contributed by atoms with E-state index < -0.39 is 0 Å². The van der Waals surface area contributed by atoms with Gasteiger partial charge >= 0.3 is 5.97 Å². The number of benzene rings is 2. The fraction of sp³-hybridized carbons (Fsp3) is 0.167. The van der Waals surface area contributed by atoms with Gasteiger partial charge in [0.25, 0.3) is 0 Å². The zero-order valence-electron chi connectivity index (χ0n) is 13.1. The van der Waals surface area contributed by atoms with Gasteiger partial charge in [0.15, 0.2) is 0 Å². The van der Waals surface area contributed by atoms with Gasteiger partial charge in [0.1, 0.15) is 0 Å². The average molecular weight is 326 g/mol. The summed E-state index contributed by atoms with van der Waals surface area (Å²) < 4.78 is 8.07. The highest BCUT2D eigenvalue weighted by Gasteiger charge is 2.13. The maximum atomic E-state index is 12.1. The van der Waals surface area contributed by atoms with E-state index in [-0.39, 0.29) is 5.97 Å². The van der Waals surface area contributed by atoms with Crippen LogP contribution in [-0.4, -0.2) is 24.3 Å². The highest BCUT2D eigenvalue weighted by atomic mass is 32.2. The molecule has 0 saturated heterocycles. The van der Waals surface area contributed by atoms with Crippen LogP contribution >= 0.6 is 11.9 Å². The second-order valence-electron chi connectivity index (χ2n) is 5.25. The van der Waals surface area contributed by atoms with Gasteiger partial charge < -0.3 is 14.4 Å². The SMILES string of the molecule is COC(=O)c1cc(NSC)ccc1Cc1ccc2[nH]ccc2c1. The van der Waals surface area contributed by atoms with Crippen LogP contribution in [-0.2, 0) is 11.2 Å². The van der Waals surface area contributed by atoms with E-state index in [4.69, 9.17) is 4.74 Å². The van der Waals surface area contributed by atoms with Crippen LogP contribution in [0.5, 0.6) is 0 Å². The third-order valence-electron chi connectivity index (χ3n) is 3.75. The zero-order valence-corrected chi connectivity index (χ0v) is 13.9. The van der Waals surface area contributed by atoms with Crippen molar-refractivity contribution < 1.29 is 9.53 Å². The average Bonchev–Trinajstić information content (AvgIpc) is 3.03. The first-order chi connectivity index (χ1) is 11.2. The topological polar surface area (TPSA) is 54.1 Å². The largest absolute Gasteiger partial charge is 0.465 e. The molecular formula is C18H18N2O2S. The van der Waals surface area contributed by atoms with Crippen LogP contribution in [0.2, 0.25) is 0 Å². The van der Waals surface area contributed by atoms with Gasteiger partial charge in [0.05, 0.1) is 12.7 Å². The molecule has 0 aliphatic rings. The Morgan fingerprint density at radius 3 is 2.87 bits per heavy atom. The minimum Gasteiger partial charge on any atom is -0.465 e. The van der Waals surface area contributed by atoms with Gasteiger partial charge in [0, 0.05) is 23.7 Å². The summed E-state index contributed by atoms with van der Waals surface area (Å²) in [5, 5.41) is 1.17. The Kier molecular flexibility index (Phi) is 4.57. The van der Waals surface area contributed by atoms with E-state index in [1.54, 1.807) is 0 Å². The van der Waals surface area contributed by atoms with E-state index in [9.17, 15) is 4.79 Å². The van der Waals surface area contributed by atoms with Gasteiger partial charge in [-0.25, -0.2) is 4.79 Å². The summed E-state index contributed by atoms with van der Waals surface area (Å²) in [4.78, 5) is 15.3. The second-order valence-corrected chi connectivity index (χ2v) is 5.86. The molecule has 0 atom stereocenters. The van der Waals surface area contributed by atoms with Crippen LogP contribution < -0.4 is 4.72 Å². The second kappa shape index (κ2) is 6.79. The summed E-state index contributed by atoms with van der Waals surface area (Å²) in [6.45, 7) is 0. The molecule has 118 valence electrons. The molecule has 0 radical (unpaired) electrons. The molecule has 0 saturated carbocycles. The molecule has 0 aliphatic heterocycles. The summed E-state index contributed by atoms with van der Waals surface area (Å²) in [7, 11) is 1.41. The van der Waals surface area contributed by atoms with Crippen molar-refractivity contribution in [3.8, 4) is 0 Å². The Balaban J connectivity index is 1.95. The van der Waals surface area contributed by atoms with Crippen LogP contribution in [0.4, 0.5) is 5.69 Å². The molecule has 1 aromatic heterocycles. The minimum atomic E-state index is -0.313. The van der Waals surface area contributed by atoms with Gasteiger partial charge in [-0.1, -0.05) is 24.1 Å². The van der Waals surface area contributed by atoms with Gasteiger partial charge in [-0.05, 0) is 53.3 Å². The van der Waals surface area contributed by atoms with E-state index in [0.29, 0.717) is 12.0 Å². The Hall–Kier alpha value is -2.40. The number of methoxy groups -OCH3 is 1. The third kappa shape index (κ3) is 3.35. The van der Waals surface area contributed by atoms with Gasteiger partial charge in [-0.15, -0.1) is 0 Å². The van der Waals surface area contributed by atoms with Crippen molar-refractivity contribution in [1.82, 2.24) is 4.98 Å². The van der Waals surface area contributed by atoms with Crippen molar-refractivity contribution >= 4 is 34.5 Å². The lowest BCUT2D eigenvalue weighted by atomic mass is 9.98. The third-order valence-corrected chi connectivity index (χ3v) is 4.19. The lowest BCUT2D eigenvalue weighted by molar-refractivity contribution is 0.0599. The number of esters is 1. The Labute approximate surface area is 139 Å². The first kappa shape index (κ1) is 15.5. The lowest BCUT2D eigenvalue weighted by Crippen LogP contribution is -2.07. The molecule has 0 bridgehead atoms. The summed E-state index contributed by atoms with van der Waals surface area (Å²) >= 11 is 1.49. The highest BCUT2D eigenvalue weighted by molar-refractivity contribution is 7.99. The van der Waals surface area contributed by atoms with Crippen molar-refractivity contribution in [3.63, 3.8) is 0 Å². The first-order valence-electron chi connectivity index (χ1n) is 7.27. The molecule has 2 N–H and O–H groups in total. The van der Waals surface area contributed by atoms with Crippen LogP contribution in [0.25, 0.3) is 10.9 Å². The molecule has 2 aromatic carbocycles. The van der Waals surface area contributed by atoms with E-state index in [1.165, 1.54) is 24.4 Å². The molecule has 5 heteroatoms. The summed E-state index contributed by atoms with van der Waals surface area (Å²) in [6, 6.07) is 14.1. The standard InChI is InChI=1S/C18H18N2O2S/c1-22-18(21)16-11-15(20-23-2)5-4-13(16)9-12-3-6-17-14(10-12)7-8-19-17/h3-8,10-11,19-20H,9H2,1-2H3. The van der Waals surface area contributed by atoms with Crippen molar-refractivity contribution in [2.75, 3.05) is 18.1 Å². The van der Waals surface area contributed by atoms with E-state index in [1.807, 2.05) is 36.7 Å². The van der Waals surface area contributed by atoms with Crippen molar-refractivity contribution in [1.29, 1.82) is 0 Å². The number of anilines is 1. The van der Waals surface area contributed by atoms with E-state index >= 15 is 0 Å². The van der Waals surface area contributed by atoms with Gasteiger partial charge in [-0.3, -0.25) is 0 Å². The van der Waals surface area contributed by atoms with Gasteiger partial charge in [-0.2, -0.15) is 0 Å². The fourth-order valence-corrected chi connectivity index (χ4v) is 3.01. The normalized spacial score (nSPS) is 10.7. The number of carbonyl (C=O) groups excluding carboxylic acids is 1. The molecular weight excluding hydrogens is 308 g/mol. The molecule has 0 spiro atoms. The van der Waals surface area contributed by atoms with E-state index in [2.05, 4.69) is 27.9 Å². The number of rotatable bonds is 5. The van der Waals surface area contributed by atoms with E-state index in [0.717, 1.165) is 22.3 Å². The minimum absolute atomic E-state index is 0.313. The number of H-pyrrole nitrogens is 1. The zero-order chi connectivity index (χ0) is 16.2. The quantitative estimate of drug-likeness (QED) is 0.544. The highest BCUT2D eigenvalue weighted by Crippen LogP contribution is 2.23. The molecule has 0 aliphatic carbocycles. The number of carbonyl (C=O) groups is 1. The Morgan fingerprint density at radius 1 is 1.22 bits per heavy atom. The molecule has 0 amide bonds. The molecule has 0 fully saturated rings. The predicted molar refractivity (Wildman–Crippen MR) is 96.0 cm³/mol. The molecule has 3 rings (SSSR count). The molecule has 4 nitrogen and oxygen atoms in total. The summed E-state index contributed by atoms with van der Waals surface area (Å²) in [5.74, 6) is -0.313. The number of hydrogen-bond acceptors (Lipinski definition) is 4. The Morgan fingerprint density at radius 2 is 2.09 bits per heavy atom. The predicted octanol–water partition coefficient (Wildman–Crippen LogP) is 4.24. The van der Waals surface area contributed by atoms with Crippen LogP contribution in [0.3, 0.4) is 0 Å². The Bertz CT molecular complexity index is 842. The molecule has 1 heterocycles. The van der Waals surface area contributed by atoms with Crippen LogP contribution in [0, 0.1) is 0 Å². The first-order valence-corrected chi connectivity index (χ1v) is 8.50. The number of fused-ring (bicyclic) bond motifs is 1. The summed E-state index contributed by atoms with van der Waals surface area (Å²) in [5.41, 5.74) is 4.72. The van der Waals surface area contributed by atoms with Crippen molar-refractivity contribution in [2.24, 2.45) is 0 Å². The molecule has 3 aromatic rings. The number of aromatic amines is 1. The molecule has 0 unspecified atom stereocenters. The number of hydrogen-bond donors (Lipinski definition) is 2. The molecule has 23 heavy (non-hydrogen) atoms. The maximum Gasteiger partial charge on any atom is 0.338 e. The number of nitrogens with one attached hydrogen (secondary N) is 2. The maximum absolute atomic E-state index is 12.1. The number of aromatic nitrogens is 1. The van der Waals surface area contributed by atoms with Crippen LogP contribution in [0.15, 0.2) is 48.7 Å². The fourth-order valence-electron chi connectivity index (χ4n) is 2.64.